The van der Waals surface area contributed by atoms with Crippen molar-refractivity contribution in [2.24, 2.45) is 0 Å². The smallest absolute Gasteiger partial charge is 0.223 e. The van der Waals surface area contributed by atoms with Crippen molar-refractivity contribution in [3.05, 3.63) is 48.0 Å². The van der Waals surface area contributed by atoms with E-state index in [4.69, 9.17) is 0 Å². The van der Waals surface area contributed by atoms with Gasteiger partial charge >= 0.3 is 0 Å². The van der Waals surface area contributed by atoms with Gasteiger partial charge in [0.05, 0.1) is 0 Å². The molecule has 3 rings (SSSR count). The monoisotopic (exact) mass is 347 g/mol. The van der Waals surface area contributed by atoms with Gasteiger partial charge in [-0.3, -0.25) is 4.79 Å². The van der Waals surface area contributed by atoms with Crippen molar-refractivity contribution in [3.63, 3.8) is 0 Å². The van der Waals surface area contributed by atoms with Crippen LogP contribution in [-0.4, -0.2) is 55.5 Å². The van der Waals surface area contributed by atoms with Gasteiger partial charge in [-0.25, -0.2) is 0 Å². The van der Waals surface area contributed by atoms with Crippen molar-refractivity contribution in [3.8, 4) is 0 Å². The first-order valence-electron chi connectivity index (χ1n) is 8.37. The molecule has 1 saturated heterocycles. The van der Waals surface area contributed by atoms with Crippen molar-refractivity contribution in [1.29, 1.82) is 0 Å². The van der Waals surface area contributed by atoms with E-state index in [0.717, 1.165) is 39.3 Å². The van der Waals surface area contributed by atoms with Gasteiger partial charge in [-0.2, -0.15) is 0 Å². The maximum Gasteiger partial charge on any atom is 0.223 e. The maximum absolute atomic E-state index is 12.2. The number of amides is 1. The SMILES string of the molecule is CN(CCC(=O)N1CCNCC1)Cc1ccc2ccccc2c1.Cl. The Morgan fingerprint density at radius 2 is 1.83 bits per heavy atom. The quantitative estimate of drug-likeness (QED) is 0.902. The van der Waals surface area contributed by atoms with E-state index >= 15 is 0 Å². The van der Waals surface area contributed by atoms with Gasteiger partial charge in [0.25, 0.3) is 0 Å². The molecular formula is C19H26ClN3O. The summed E-state index contributed by atoms with van der Waals surface area (Å²) in [6.45, 7) is 5.19. The summed E-state index contributed by atoms with van der Waals surface area (Å²) in [5, 5.41) is 5.82. The van der Waals surface area contributed by atoms with Gasteiger partial charge < -0.3 is 15.1 Å². The minimum absolute atomic E-state index is 0. The second-order valence-electron chi connectivity index (χ2n) is 6.30. The Labute approximate surface area is 150 Å². The fourth-order valence-electron chi connectivity index (χ4n) is 3.09. The van der Waals surface area contributed by atoms with E-state index in [-0.39, 0.29) is 18.3 Å². The fraction of sp³-hybridized carbons (Fsp3) is 0.421. The lowest BCUT2D eigenvalue weighted by molar-refractivity contribution is -0.132. The standard InChI is InChI=1S/C19H25N3O.ClH/c1-21(11-8-19(23)22-12-9-20-10-13-22)15-16-6-7-17-4-2-3-5-18(17)14-16;/h2-7,14,20H,8-13,15H2,1H3;1H. The molecule has 0 aromatic heterocycles. The minimum Gasteiger partial charge on any atom is -0.340 e. The summed E-state index contributed by atoms with van der Waals surface area (Å²) in [6, 6.07) is 15.0. The molecule has 1 N–H and O–H groups in total. The van der Waals surface area contributed by atoms with Crippen LogP contribution in [0.5, 0.6) is 0 Å². The van der Waals surface area contributed by atoms with E-state index in [1.807, 2.05) is 4.90 Å². The molecule has 1 aliphatic heterocycles. The third kappa shape index (κ3) is 4.94. The Kier molecular flexibility index (Phi) is 7.03. The topological polar surface area (TPSA) is 35.6 Å². The number of hydrogen-bond acceptors (Lipinski definition) is 3. The molecule has 0 radical (unpaired) electrons. The average molecular weight is 348 g/mol. The van der Waals surface area contributed by atoms with Crippen molar-refractivity contribution < 1.29 is 4.79 Å². The molecule has 0 saturated carbocycles. The molecule has 0 bridgehead atoms. The van der Waals surface area contributed by atoms with Crippen molar-refractivity contribution in [1.82, 2.24) is 15.1 Å². The summed E-state index contributed by atoms with van der Waals surface area (Å²) < 4.78 is 0. The number of halogens is 1. The summed E-state index contributed by atoms with van der Waals surface area (Å²) in [4.78, 5) is 16.4. The highest BCUT2D eigenvalue weighted by molar-refractivity contribution is 5.85. The van der Waals surface area contributed by atoms with Gasteiger partial charge in [0.15, 0.2) is 0 Å². The van der Waals surface area contributed by atoms with E-state index < -0.39 is 0 Å². The highest BCUT2D eigenvalue weighted by Crippen LogP contribution is 2.16. The number of hydrogen-bond donors (Lipinski definition) is 1. The zero-order valence-electron chi connectivity index (χ0n) is 14.2. The molecule has 1 amide bonds. The third-order valence-corrected chi connectivity index (χ3v) is 4.44. The van der Waals surface area contributed by atoms with Crippen LogP contribution >= 0.6 is 12.4 Å². The molecule has 1 aliphatic rings. The number of rotatable bonds is 5. The van der Waals surface area contributed by atoms with Gasteiger partial charge in [-0.1, -0.05) is 36.4 Å². The van der Waals surface area contributed by atoms with E-state index in [1.165, 1.54) is 16.3 Å². The highest BCUT2D eigenvalue weighted by Gasteiger charge is 2.16. The number of carbonyl (C=O) groups excluding carboxylic acids is 1. The third-order valence-electron chi connectivity index (χ3n) is 4.44. The first-order valence-corrected chi connectivity index (χ1v) is 8.37. The Balaban J connectivity index is 0.00000208. The molecular weight excluding hydrogens is 322 g/mol. The van der Waals surface area contributed by atoms with Gasteiger partial charge in [0, 0.05) is 45.7 Å². The van der Waals surface area contributed by atoms with E-state index in [9.17, 15) is 4.79 Å². The Morgan fingerprint density at radius 1 is 1.12 bits per heavy atom. The van der Waals surface area contributed by atoms with Crippen LogP contribution in [0, 0.1) is 0 Å². The van der Waals surface area contributed by atoms with Crippen LogP contribution < -0.4 is 5.32 Å². The lowest BCUT2D eigenvalue weighted by Crippen LogP contribution is -2.47. The fourth-order valence-corrected chi connectivity index (χ4v) is 3.09. The second kappa shape index (κ2) is 9.02. The van der Waals surface area contributed by atoms with Crippen LogP contribution in [0.1, 0.15) is 12.0 Å². The van der Waals surface area contributed by atoms with Gasteiger partial charge in [0.2, 0.25) is 5.91 Å². The van der Waals surface area contributed by atoms with E-state index in [0.29, 0.717) is 6.42 Å². The summed E-state index contributed by atoms with van der Waals surface area (Å²) in [5.41, 5.74) is 1.29. The number of benzene rings is 2. The van der Waals surface area contributed by atoms with Crippen molar-refractivity contribution in [2.75, 3.05) is 39.8 Å². The molecule has 0 aliphatic carbocycles. The molecule has 2 aromatic carbocycles. The highest BCUT2D eigenvalue weighted by atomic mass is 35.5. The Hall–Kier alpha value is -1.62. The molecule has 0 spiro atoms. The van der Waals surface area contributed by atoms with Crippen molar-refractivity contribution >= 4 is 29.1 Å². The van der Waals surface area contributed by atoms with Crippen LogP contribution in [-0.2, 0) is 11.3 Å². The van der Waals surface area contributed by atoms with Crippen molar-refractivity contribution in [2.45, 2.75) is 13.0 Å². The number of carbonyl (C=O) groups is 1. The maximum atomic E-state index is 12.2. The summed E-state index contributed by atoms with van der Waals surface area (Å²) in [5.74, 6) is 0.275. The van der Waals surface area contributed by atoms with Crippen LogP contribution in [0.25, 0.3) is 10.8 Å². The number of fused-ring (bicyclic) bond motifs is 1. The predicted octanol–water partition coefficient (Wildman–Crippen LogP) is 2.52. The normalized spacial score (nSPS) is 14.7. The summed E-state index contributed by atoms with van der Waals surface area (Å²) in [6.07, 6.45) is 0.601. The molecule has 0 atom stereocenters. The van der Waals surface area contributed by atoms with Gasteiger partial charge in [0.1, 0.15) is 0 Å². The molecule has 24 heavy (non-hydrogen) atoms. The zero-order valence-corrected chi connectivity index (χ0v) is 15.0. The van der Waals surface area contributed by atoms with E-state index in [1.54, 1.807) is 0 Å². The number of nitrogens with one attached hydrogen (secondary N) is 1. The molecule has 1 fully saturated rings. The van der Waals surface area contributed by atoms with Crippen LogP contribution in [0.2, 0.25) is 0 Å². The van der Waals surface area contributed by atoms with Crippen LogP contribution in [0.3, 0.4) is 0 Å². The van der Waals surface area contributed by atoms with Gasteiger partial charge in [-0.05, 0) is 29.4 Å². The molecule has 5 heteroatoms. The average Bonchev–Trinajstić information content (AvgIpc) is 2.60. The largest absolute Gasteiger partial charge is 0.340 e. The van der Waals surface area contributed by atoms with E-state index in [2.05, 4.69) is 59.7 Å². The summed E-state index contributed by atoms with van der Waals surface area (Å²) >= 11 is 0. The first kappa shape index (κ1) is 18.7. The molecule has 0 unspecified atom stereocenters. The lowest BCUT2D eigenvalue weighted by atomic mass is 10.1. The molecule has 130 valence electrons. The van der Waals surface area contributed by atoms with Gasteiger partial charge in [-0.15, -0.1) is 12.4 Å². The number of piperazine rings is 1. The second-order valence-corrected chi connectivity index (χ2v) is 6.30. The summed E-state index contributed by atoms with van der Waals surface area (Å²) in [7, 11) is 2.08. The molecule has 1 heterocycles. The van der Waals surface area contributed by atoms with Crippen LogP contribution in [0.15, 0.2) is 42.5 Å². The Bertz CT molecular complexity index is 670. The van der Waals surface area contributed by atoms with Crippen LogP contribution in [0.4, 0.5) is 0 Å². The lowest BCUT2D eigenvalue weighted by Gasteiger charge is -2.28. The zero-order chi connectivity index (χ0) is 16.1. The predicted molar refractivity (Wildman–Crippen MR) is 102 cm³/mol. The minimum atomic E-state index is 0. The molecule has 4 nitrogen and oxygen atoms in total. The first-order chi connectivity index (χ1) is 11.2. The molecule has 2 aromatic rings. The number of nitrogens with zero attached hydrogens (tertiary/aromatic N) is 2. The Morgan fingerprint density at radius 3 is 2.58 bits per heavy atom.